The first-order chi connectivity index (χ1) is 5.27. The van der Waals surface area contributed by atoms with Gasteiger partial charge in [0.2, 0.25) is 0 Å². The monoisotopic (exact) mass is 173 g/mol. The van der Waals surface area contributed by atoms with Gasteiger partial charge in [0, 0.05) is 0 Å². The first-order valence-electron chi connectivity index (χ1n) is 3.71. The van der Waals surface area contributed by atoms with Gasteiger partial charge < -0.3 is 10.7 Å². The van der Waals surface area contributed by atoms with E-state index in [2.05, 4.69) is 16.9 Å². The summed E-state index contributed by atoms with van der Waals surface area (Å²) in [5, 5.41) is 0.562. The molecular formula is C7H12ClN3. The van der Waals surface area contributed by atoms with E-state index in [4.69, 9.17) is 17.3 Å². The van der Waals surface area contributed by atoms with E-state index in [0.29, 0.717) is 11.7 Å². The van der Waals surface area contributed by atoms with Crippen molar-refractivity contribution < 1.29 is 0 Å². The Bertz CT molecular complexity index is 232. The van der Waals surface area contributed by atoms with Gasteiger partial charge in [0.05, 0.1) is 12.2 Å². The molecule has 0 radical (unpaired) electrons. The van der Waals surface area contributed by atoms with Crippen molar-refractivity contribution >= 4 is 11.6 Å². The van der Waals surface area contributed by atoms with Gasteiger partial charge in [-0.15, -0.1) is 0 Å². The van der Waals surface area contributed by atoms with Gasteiger partial charge in [-0.25, -0.2) is 4.98 Å². The summed E-state index contributed by atoms with van der Waals surface area (Å²) < 4.78 is 0. The van der Waals surface area contributed by atoms with Gasteiger partial charge in [0.1, 0.15) is 11.0 Å². The molecule has 0 aromatic carbocycles. The molecule has 0 aliphatic heterocycles. The summed E-state index contributed by atoms with van der Waals surface area (Å²) in [6, 6.07) is 0. The molecule has 0 saturated heterocycles. The van der Waals surface area contributed by atoms with E-state index in [1.807, 2.05) is 0 Å². The average Bonchev–Trinajstić information content (AvgIpc) is 2.33. The number of imidazole rings is 1. The first kappa shape index (κ1) is 8.56. The van der Waals surface area contributed by atoms with E-state index < -0.39 is 0 Å². The molecule has 0 aliphatic rings. The minimum atomic E-state index is 0.420. The molecule has 4 heteroatoms. The zero-order valence-corrected chi connectivity index (χ0v) is 7.28. The molecule has 1 aromatic heterocycles. The molecule has 0 unspecified atom stereocenters. The van der Waals surface area contributed by atoms with Crippen molar-refractivity contribution in [1.82, 2.24) is 9.97 Å². The minimum Gasteiger partial charge on any atom is -0.344 e. The van der Waals surface area contributed by atoms with Gasteiger partial charge in [-0.3, -0.25) is 0 Å². The maximum atomic E-state index is 5.80. The van der Waals surface area contributed by atoms with Crippen LogP contribution in [0.3, 0.4) is 0 Å². The fourth-order valence-electron chi connectivity index (χ4n) is 0.952. The van der Waals surface area contributed by atoms with E-state index in [1.54, 1.807) is 0 Å². The number of H-pyrrole nitrogens is 1. The molecule has 0 spiro atoms. The van der Waals surface area contributed by atoms with Crippen LogP contribution in [-0.2, 0) is 13.0 Å². The van der Waals surface area contributed by atoms with Crippen LogP contribution in [0.4, 0.5) is 0 Å². The SMILES string of the molecule is CCCc1[nH]c(CN)nc1Cl. The predicted octanol–water partition coefficient (Wildman–Crippen LogP) is 1.47. The average molecular weight is 174 g/mol. The maximum absolute atomic E-state index is 5.80. The van der Waals surface area contributed by atoms with Crippen LogP contribution in [-0.4, -0.2) is 9.97 Å². The van der Waals surface area contributed by atoms with Crippen LogP contribution in [0.2, 0.25) is 5.15 Å². The lowest BCUT2D eigenvalue weighted by Crippen LogP contribution is -1.98. The Morgan fingerprint density at radius 1 is 1.64 bits per heavy atom. The van der Waals surface area contributed by atoms with Crippen molar-refractivity contribution in [2.45, 2.75) is 26.3 Å². The molecule has 0 aliphatic carbocycles. The number of hydrogen-bond donors (Lipinski definition) is 2. The second kappa shape index (κ2) is 3.74. The molecule has 0 saturated carbocycles. The van der Waals surface area contributed by atoms with Crippen LogP contribution in [0.25, 0.3) is 0 Å². The lowest BCUT2D eigenvalue weighted by Gasteiger charge is -1.91. The van der Waals surface area contributed by atoms with Gasteiger partial charge >= 0.3 is 0 Å². The highest BCUT2D eigenvalue weighted by atomic mass is 35.5. The summed E-state index contributed by atoms with van der Waals surface area (Å²) in [5.74, 6) is 0.762. The van der Waals surface area contributed by atoms with E-state index in [0.717, 1.165) is 24.4 Å². The fraction of sp³-hybridized carbons (Fsp3) is 0.571. The number of nitrogens with one attached hydrogen (secondary N) is 1. The van der Waals surface area contributed by atoms with Crippen LogP contribution in [0.1, 0.15) is 24.9 Å². The minimum absolute atomic E-state index is 0.420. The quantitative estimate of drug-likeness (QED) is 0.728. The predicted molar refractivity (Wildman–Crippen MR) is 45.5 cm³/mol. The molecule has 0 atom stereocenters. The zero-order chi connectivity index (χ0) is 8.27. The van der Waals surface area contributed by atoms with Gasteiger partial charge in [-0.2, -0.15) is 0 Å². The van der Waals surface area contributed by atoms with E-state index >= 15 is 0 Å². The normalized spacial score (nSPS) is 10.5. The molecule has 1 aromatic rings. The van der Waals surface area contributed by atoms with E-state index in [-0.39, 0.29) is 0 Å². The van der Waals surface area contributed by atoms with E-state index in [1.165, 1.54) is 0 Å². The highest BCUT2D eigenvalue weighted by molar-refractivity contribution is 6.30. The smallest absolute Gasteiger partial charge is 0.150 e. The van der Waals surface area contributed by atoms with Crippen molar-refractivity contribution in [3.63, 3.8) is 0 Å². The number of hydrogen-bond acceptors (Lipinski definition) is 2. The van der Waals surface area contributed by atoms with Crippen LogP contribution < -0.4 is 5.73 Å². The second-order valence-electron chi connectivity index (χ2n) is 2.41. The Hall–Kier alpha value is -0.540. The summed E-state index contributed by atoms with van der Waals surface area (Å²) in [6.07, 6.45) is 2.00. The van der Waals surface area contributed by atoms with Gasteiger partial charge in [-0.05, 0) is 6.42 Å². The lowest BCUT2D eigenvalue weighted by molar-refractivity contribution is 0.873. The van der Waals surface area contributed by atoms with Crippen molar-refractivity contribution in [1.29, 1.82) is 0 Å². The largest absolute Gasteiger partial charge is 0.344 e. The van der Waals surface area contributed by atoms with Crippen molar-refractivity contribution in [3.05, 3.63) is 16.7 Å². The maximum Gasteiger partial charge on any atom is 0.150 e. The van der Waals surface area contributed by atoms with Crippen molar-refractivity contribution in [3.8, 4) is 0 Å². The Morgan fingerprint density at radius 2 is 2.36 bits per heavy atom. The van der Waals surface area contributed by atoms with Crippen LogP contribution >= 0.6 is 11.6 Å². The number of nitrogens with zero attached hydrogens (tertiary/aromatic N) is 1. The van der Waals surface area contributed by atoms with Gasteiger partial charge in [0.15, 0.2) is 0 Å². The highest BCUT2D eigenvalue weighted by Crippen LogP contribution is 2.13. The van der Waals surface area contributed by atoms with Crippen LogP contribution in [0.5, 0.6) is 0 Å². The second-order valence-corrected chi connectivity index (χ2v) is 2.76. The molecule has 1 rings (SSSR count). The summed E-state index contributed by atoms with van der Waals surface area (Å²) in [5.41, 5.74) is 6.37. The molecule has 0 amide bonds. The summed E-state index contributed by atoms with van der Waals surface area (Å²) in [7, 11) is 0. The van der Waals surface area contributed by atoms with Crippen molar-refractivity contribution in [2.24, 2.45) is 5.73 Å². The Balaban J connectivity index is 2.79. The van der Waals surface area contributed by atoms with Crippen molar-refractivity contribution in [2.75, 3.05) is 0 Å². The standard InChI is InChI=1S/C7H12ClN3/c1-2-3-5-7(8)11-6(4-9)10-5/h2-4,9H2,1H3,(H,10,11). The third kappa shape index (κ3) is 1.94. The fourth-order valence-corrected chi connectivity index (χ4v) is 1.20. The third-order valence-electron chi connectivity index (χ3n) is 1.47. The van der Waals surface area contributed by atoms with Crippen LogP contribution in [0.15, 0.2) is 0 Å². The molecule has 1 heterocycles. The third-order valence-corrected chi connectivity index (χ3v) is 1.78. The molecular weight excluding hydrogens is 162 g/mol. The zero-order valence-electron chi connectivity index (χ0n) is 6.52. The summed E-state index contributed by atoms with van der Waals surface area (Å²) >= 11 is 5.80. The summed E-state index contributed by atoms with van der Waals surface area (Å²) in [4.78, 5) is 7.10. The van der Waals surface area contributed by atoms with Gasteiger partial charge in [0.25, 0.3) is 0 Å². The van der Waals surface area contributed by atoms with E-state index in [9.17, 15) is 0 Å². The number of rotatable bonds is 3. The topological polar surface area (TPSA) is 54.7 Å². The highest BCUT2D eigenvalue weighted by Gasteiger charge is 2.04. The molecule has 0 bridgehead atoms. The molecule has 62 valence electrons. The Labute approximate surface area is 71.0 Å². The first-order valence-corrected chi connectivity index (χ1v) is 4.09. The Morgan fingerprint density at radius 3 is 2.82 bits per heavy atom. The molecule has 11 heavy (non-hydrogen) atoms. The Kier molecular flexibility index (Phi) is 2.91. The molecule has 3 nitrogen and oxygen atoms in total. The number of halogens is 1. The summed E-state index contributed by atoms with van der Waals surface area (Å²) in [6.45, 7) is 2.52. The number of nitrogens with two attached hydrogens (primary N) is 1. The number of aryl methyl sites for hydroxylation is 1. The molecule has 3 N–H and O–H groups in total. The molecule has 0 fully saturated rings. The number of aromatic nitrogens is 2. The van der Waals surface area contributed by atoms with Gasteiger partial charge in [-0.1, -0.05) is 24.9 Å². The van der Waals surface area contributed by atoms with Crippen LogP contribution in [0, 0.1) is 0 Å². The number of aromatic amines is 1. The lowest BCUT2D eigenvalue weighted by atomic mass is 10.3.